The lowest BCUT2D eigenvalue weighted by atomic mass is 10.2. The minimum atomic E-state index is 0. The summed E-state index contributed by atoms with van der Waals surface area (Å²) in [6.07, 6.45) is 0. The highest BCUT2D eigenvalue weighted by molar-refractivity contribution is 7.99. The zero-order valence-electron chi connectivity index (χ0n) is 8.69. The Morgan fingerprint density at radius 1 is 1.27 bits per heavy atom. The molecule has 0 aliphatic carbocycles. The fourth-order valence-corrected chi connectivity index (χ4v) is 2.69. The van der Waals surface area contributed by atoms with Crippen LogP contribution in [0.2, 0.25) is 0 Å². The van der Waals surface area contributed by atoms with E-state index in [1.807, 2.05) is 23.9 Å². The van der Waals surface area contributed by atoms with Gasteiger partial charge in [0, 0.05) is 36.8 Å². The highest BCUT2D eigenvalue weighted by Gasteiger charge is 2.10. The molecule has 0 aromatic heterocycles. The first-order valence-corrected chi connectivity index (χ1v) is 6.14. The van der Waals surface area contributed by atoms with E-state index in [-0.39, 0.29) is 12.4 Å². The molecule has 1 aromatic rings. The van der Waals surface area contributed by atoms with Gasteiger partial charge in [0.15, 0.2) is 0 Å². The minimum absolute atomic E-state index is 0. The van der Waals surface area contributed by atoms with E-state index in [1.165, 1.54) is 30.2 Å². The van der Waals surface area contributed by atoms with Gasteiger partial charge in [-0.05, 0) is 17.7 Å². The molecular weight excluding hydrogens is 228 g/mol. The maximum absolute atomic E-state index is 5.74. The van der Waals surface area contributed by atoms with Gasteiger partial charge < -0.3 is 5.73 Å². The van der Waals surface area contributed by atoms with Crippen molar-refractivity contribution in [2.24, 2.45) is 0 Å². The Kier molecular flexibility index (Phi) is 5.29. The van der Waals surface area contributed by atoms with Crippen LogP contribution in [0.3, 0.4) is 0 Å². The number of nitrogen functional groups attached to an aromatic ring is 1. The lowest BCUT2D eigenvalue weighted by Gasteiger charge is -2.26. The summed E-state index contributed by atoms with van der Waals surface area (Å²) < 4.78 is 0. The summed E-state index contributed by atoms with van der Waals surface area (Å²) >= 11 is 2.05. The highest BCUT2D eigenvalue weighted by Crippen LogP contribution is 2.14. The van der Waals surface area contributed by atoms with Crippen molar-refractivity contribution in [2.75, 3.05) is 30.3 Å². The van der Waals surface area contributed by atoms with E-state index in [0.717, 1.165) is 12.2 Å². The smallest absolute Gasteiger partial charge is 0.0317 e. The van der Waals surface area contributed by atoms with Crippen molar-refractivity contribution < 1.29 is 0 Å². The Morgan fingerprint density at radius 2 is 2.00 bits per heavy atom. The molecule has 1 aromatic carbocycles. The molecule has 0 radical (unpaired) electrons. The monoisotopic (exact) mass is 244 g/mol. The van der Waals surface area contributed by atoms with Crippen LogP contribution >= 0.6 is 24.2 Å². The van der Waals surface area contributed by atoms with Crippen LogP contribution in [0.25, 0.3) is 0 Å². The average Bonchev–Trinajstić information content (AvgIpc) is 2.19. The van der Waals surface area contributed by atoms with Crippen LogP contribution in [0.4, 0.5) is 5.69 Å². The van der Waals surface area contributed by atoms with E-state index in [9.17, 15) is 0 Å². The van der Waals surface area contributed by atoms with Crippen molar-refractivity contribution in [3.05, 3.63) is 29.8 Å². The lowest BCUT2D eigenvalue weighted by Crippen LogP contribution is -2.31. The average molecular weight is 245 g/mol. The number of anilines is 1. The van der Waals surface area contributed by atoms with Crippen LogP contribution in [0, 0.1) is 0 Å². The van der Waals surface area contributed by atoms with Gasteiger partial charge in [-0.1, -0.05) is 12.1 Å². The maximum atomic E-state index is 5.74. The predicted molar refractivity (Wildman–Crippen MR) is 70.7 cm³/mol. The summed E-state index contributed by atoms with van der Waals surface area (Å²) in [4.78, 5) is 2.49. The molecule has 0 bridgehead atoms. The molecule has 0 atom stereocenters. The summed E-state index contributed by atoms with van der Waals surface area (Å²) in [5.74, 6) is 2.53. The normalized spacial score (nSPS) is 17.1. The van der Waals surface area contributed by atoms with Gasteiger partial charge in [-0.25, -0.2) is 0 Å². The van der Waals surface area contributed by atoms with E-state index in [1.54, 1.807) is 0 Å². The molecule has 1 aliphatic rings. The van der Waals surface area contributed by atoms with Crippen LogP contribution in [0.1, 0.15) is 5.56 Å². The first-order chi connectivity index (χ1) is 6.84. The number of nitrogens with two attached hydrogens (primary N) is 1. The van der Waals surface area contributed by atoms with Crippen molar-refractivity contribution in [1.29, 1.82) is 0 Å². The van der Waals surface area contributed by atoms with Gasteiger partial charge in [-0.3, -0.25) is 4.90 Å². The molecular formula is C11H17ClN2S. The third-order valence-corrected chi connectivity index (χ3v) is 3.40. The van der Waals surface area contributed by atoms with Crippen molar-refractivity contribution >= 4 is 29.9 Å². The fourth-order valence-electron chi connectivity index (χ4n) is 1.71. The number of thioether (sulfide) groups is 1. The third kappa shape index (κ3) is 3.93. The molecule has 1 heterocycles. The molecule has 4 heteroatoms. The van der Waals surface area contributed by atoms with Crippen LogP contribution < -0.4 is 5.73 Å². The summed E-state index contributed by atoms with van der Waals surface area (Å²) in [5, 5.41) is 0. The molecule has 0 unspecified atom stereocenters. The molecule has 2 nitrogen and oxygen atoms in total. The Labute approximate surface area is 102 Å². The zero-order valence-corrected chi connectivity index (χ0v) is 10.3. The van der Waals surface area contributed by atoms with E-state index in [2.05, 4.69) is 17.0 Å². The number of benzene rings is 1. The number of hydrogen-bond acceptors (Lipinski definition) is 3. The molecule has 2 rings (SSSR count). The van der Waals surface area contributed by atoms with Crippen molar-refractivity contribution in [3.8, 4) is 0 Å². The number of rotatable bonds is 2. The molecule has 1 saturated heterocycles. The summed E-state index contributed by atoms with van der Waals surface area (Å²) in [6, 6.07) is 8.19. The number of halogens is 1. The SMILES string of the molecule is Cl.Nc1cccc(CN2CCSCC2)c1. The molecule has 1 aliphatic heterocycles. The number of hydrogen-bond donors (Lipinski definition) is 1. The maximum Gasteiger partial charge on any atom is 0.0317 e. The molecule has 0 saturated carbocycles. The second-order valence-electron chi connectivity index (χ2n) is 3.63. The van der Waals surface area contributed by atoms with E-state index < -0.39 is 0 Å². The first kappa shape index (κ1) is 12.7. The van der Waals surface area contributed by atoms with E-state index >= 15 is 0 Å². The standard InChI is InChI=1S/C11H16N2S.ClH/c12-11-3-1-2-10(8-11)9-13-4-6-14-7-5-13;/h1-3,8H,4-7,9,12H2;1H. The van der Waals surface area contributed by atoms with Gasteiger partial charge in [0.1, 0.15) is 0 Å². The molecule has 15 heavy (non-hydrogen) atoms. The Morgan fingerprint density at radius 3 is 2.67 bits per heavy atom. The molecule has 0 amide bonds. The van der Waals surface area contributed by atoms with Crippen LogP contribution in [-0.4, -0.2) is 29.5 Å². The summed E-state index contributed by atoms with van der Waals surface area (Å²) in [7, 11) is 0. The summed E-state index contributed by atoms with van der Waals surface area (Å²) in [6.45, 7) is 3.46. The topological polar surface area (TPSA) is 29.3 Å². The quantitative estimate of drug-likeness (QED) is 0.810. The van der Waals surface area contributed by atoms with E-state index in [4.69, 9.17) is 5.73 Å². The Balaban J connectivity index is 0.00000112. The van der Waals surface area contributed by atoms with Crippen molar-refractivity contribution in [2.45, 2.75) is 6.54 Å². The Hall–Kier alpha value is -0.380. The number of nitrogens with zero attached hydrogens (tertiary/aromatic N) is 1. The minimum Gasteiger partial charge on any atom is -0.399 e. The highest BCUT2D eigenvalue weighted by atomic mass is 35.5. The molecule has 84 valence electrons. The third-order valence-electron chi connectivity index (χ3n) is 2.46. The van der Waals surface area contributed by atoms with Gasteiger partial charge in [0.2, 0.25) is 0 Å². The predicted octanol–water partition coefficient (Wildman–Crippen LogP) is 2.24. The fraction of sp³-hybridized carbons (Fsp3) is 0.455. The van der Waals surface area contributed by atoms with Crippen molar-refractivity contribution in [1.82, 2.24) is 4.90 Å². The second-order valence-corrected chi connectivity index (χ2v) is 4.86. The van der Waals surface area contributed by atoms with Gasteiger partial charge in [0.05, 0.1) is 0 Å². The van der Waals surface area contributed by atoms with Crippen LogP contribution in [0.15, 0.2) is 24.3 Å². The molecule has 2 N–H and O–H groups in total. The van der Waals surface area contributed by atoms with Crippen molar-refractivity contribution in [3.63, 3.8) is 0 Å². The molecule has 1 fully saturated rings. The first-order valence-electron chi connectivity index (χ1n) is 4.99. The van der Waals surface area contributed by atoms with Gasteiger partial charge in [0.25, 0.3) is 0 Å². The zero-order chi connectivity index (χ0) is 9.80. The Bertz CT molecular complexity index is 300. The van der Waals surface area contributed by atoms with Gasteiger partial charge >= 0.3 is 0 Å². The van der Waals surface area contributed by atoms with Crippen LogP contribution in [0.5, 0.6) is 0 Å². The van der Waals surface area contributed by atoms with E-state index in [0.29, 0.717) is 0 Å². The van der Waals surface area contributed by atoms with Gasteiger partial charge in [-0.15, -0.1) is 12.4 Å². The van der Waals surface area contributed by atoms with Gasteiger partial charge in [-0.2, -0.15) is 11.8 Å². The van der Waals surface area contributed by atoms with Crippen LogP contribution in [-0.2, 0) is 6.54 Å². The summed E-state index contributed by atoms with van der Waals surface area (Å²) in [5.41, 5.74) is 7.94. The lowest BCUT2D eigenvalue weighted by molar-refractivity contribution is 0.294. The largest absolute Gasteiger partial charge is 0.399 e. The molecule has 0 spiro atoms. The second kappa shape index (κ2) is 6.26.